The summed E-state index contributed by atoms with van der Waals surface area (Å²) in [5, 5.41) is 4.63. The Morgan fingerprint density at radius 1 is 1.35 bits per heavy atom. The second-order valence-electron chi connectivity index (χ2n) is 4.64. The van der Waals surface area contributed by atoms with Gasteiger partial charge in [0.2, 0.25) is 5.91 Å². The first-order valence-electron chi connectivity index (χ1n) is 6.36. The molecule has 106 valence electrons. The van der Waals surface area contributed by atoms with Crippen molar-refractivity contribution in [1.29, 1.82) is 0 Å². The molecular weight excluding hydrogens is 275 g/mol. The normalized spacial score (nSPS) is 12.4. The number of likely N-dealkylation sites (N-methyl/N-ethyl adjacent to an activating group) is 1. The van der Waals surface area contributed by atoms with Crippen molar-refractivity contribution in [3.05, 3.63) is 52.5 Å². The van der Waals surface area contributed by atoms with Crippen LogP contribution in [0, 0.1) is 5.82 Å². The van der Waals surface area contributed by atoms with Crippen molar-refractivity contribution in [2.45, 2.75) is 19.5 Å². The molecule has 20 heavy (non-hydrogen) atoms. The Hall–Kier alpha value is -1.72. The molecule has 1 atom stereocenters. The highest BCUT2D eigenvalue weighted by Crippen LogP contribution is 2.15. The van der Waals surface area contributed by atoms with Crippen LogP contribution in [0.25, 0.3) is 0 Å². The van der Waals surface area contributed by atoms with Gasteiger partial charge in [0, 0.05) is 11.4 Å². The molecule has 0 spiro atoms. The molecule has 2 aromatic rings. The lowest BCUT2D eigenvalue weighted by Gasteiger charge is -2.23. The van der Waals surface area contributed by atoms with Crippen LogP contribution in [0.1, 0.15) is 11.8 Å². The van der Waals surface area contributed by atoms with Gasteiger partial charge in [0.15, 0.2) is 0 Å². The fourth-order valence-corrected chi connectivity index (χ4v) is 2.55. The number of hydrogen-bond acceptors (Lipinski definition) is 3. The number of nitrogens with zero attached hydrogens (tertiary/aromatic N) is 1. The zero-order chi connectivity index (χ0) is 14.5. The van der Waals surface area contributed by atoms with E-state index in [4.69, 9.17) is 0 Å². The molecule has 0 fully saturated rings. The molecule has 1 heterocycles. The maximum Gasteiger partial charge on any atom is 0.241 e. The maximum atomic E-state index is 13.5. The summed E-state index contributed by atoms with van der Waals surface area (Å²) in [6, 6.07) is 9.85. The molecule has 1 aromatic carbocycles. The third-order valence-electron chi connectivity index (χ3n) is 3.16. The van der Waals surface area contributed by atoms with E-state index in [2.05, 4.69) is 5.32 Å². The van der Waals surface area contributed by atoms with E-state index in [0.29, 0.717) is 6.54 Å². The molecule has 1 amide bonds. The predicted octanol–water partition coefficient (Wildman–Crippen LogP) is 3.35. The Kier molecular flexibility index (Phi) is 4.87. The average Bonchev–Trinajstić information content (AvgIpc) is 2.93. The topological polar surface area (TPSA) is 32.3 Å². The Labute approximate surface area is 122 Å². The molecule has 0 aliphatic carbocycles. The number of carbonyl (C=O) groups excluding carboxylic acids is 1. The van der Waals surface area contributed by atoms with Gasteiger partial charge in [-0.15, -0.1) is 11.3 Å². The number of anilines is 1. The quantitative estimate of drug-likeness (QED) is 0.916. The van der Waals surface area contributed by atoms with Crippen LogP contribution in [0.5, 0.6) is 0 Å². The van der Waals surface area contributed by atoms with Gasteiger partial charge in [0.1, 0.15) is 5.82 Å². The Bertz CT molecular complexity index is 571. The maximum absolute atomic E-state index is 13.5. The highest BCUT2D eigenvalue weighted by molar-refractivity contribution is 7.09. The van der Waals surface area contributed by atoms with Gasteiger partial charge in [-0.3, -0.25) is 9.69 Å². The van der Waals surface area contributed by atoms with Crippen LogP contribution in [-0.2, 0) is 11.3 Å². The van der Waals surface area contributed by atoms with Crippen molar-refractivity contribution in [3.63, 3.8) is 0 Å². The molecule has 0 aliphatic heterocycles. The number of amides is 1. The average molecular weight is 292 g/mol. The minimum absolute atomic E-state index is 0.214. The number of halogens is 1. The molecule has 5 heteroatoms. The Morgan fingerprint density at radius 3 is 2.75 bits per heavy atom. The summed E-state index contributed by atoms with van der Waals surface area (Å²) >= 11 is 1.65. The number of benzene rings is 1. The zero-order valence-electron chi connectivity index (χ0n) is 11.5. The first-order valence-corrected chi connectivity index (χ1v) is 7.24. The van der Waals surface area contributed by atoms with E-state index in [9.17, 15) is 9.18 Å². The van der Waals surface area contributed by atoms with Crippen LogP contribution in [0.3, 0.4) is 0 Å². The number of nitrogens with one attached hydrogen (secondary N) is 1. The molecule has 0 aliphatic rings. The fraction of sp³-hybridized carbons (Fsp3) is 0.267. The smallest absolute Gasteiger partial charge is 0.241 e. The number of para-hydroxylation sites is 1. The summed E-state index contributed by atoms with van der Waals surface area (Å²) in [6.07, 6.45) is 0. The van der Waals surface area contributed by atoms with Crippen molar-refractivity contribution < 1.29 is 9.18 Å². The van der Waals surface area contributed by atoms with E-state index in [1.807, 2.05) is 36.4 Å². The van der Waals surface area contributed by atoms with Crippen LogP contribution >= 0.6 is 11.3 Å². The fourth-order valence-electron chi connectivity index (χ4n) is 1.79. The van der Waals surface area contributed by atoms with Gasteiger partial charge in [-0.1, -0.05) is 18.2 Å². The summed E-state index contributed by atoms with van der Waals surface area (Å²) in [4.78, 5) is 15.2. The van der Waals surface area contributed by atoms with Crippen molar-refractivity contribution in [1.82, 2.24) is 4.90 Å². The molecular formula is C15H17FN2OS. The van der Waals surface area contributed by atoms with Gasteiger partial charge >= 0.3 is 0 Å². The summed E-state index contributed by atoms with van der Waals surface area (Å²) in [6.45, 7) is 2.51. The number of hydrogen-bond donors (Lipinski definition) is 1. The van der Waals surface area contributed by atoms with E-state index in [1.54, 1.807) is 29.5 Å². The third kappa shape index (κ3) is 3.65. The van der Waals surface area contributed by atoms with E-state index >= 15 is 0 Å². The van der Waals surface area contributed by atoms with Gasteiger partial charge in [0.05, 0.1) is 11.7 Å². The van der Waals surface area contributed by atoms with Crippen molar-refractivity contribution >= 4 is 22.9 Å². The number of carbonyl (C=O) groups is 1. The van der Waals surface area contributed by atoms with E-state index in [1.165, 1.54) is 10.9 Å². The lowest BCUT2D eigenvalue weighted by atomic mass is 10.2. The van der Waals surface area contributed by atoms with Crippen LogP contribution in [0.4, 0.5) is 10.1 Å². The van der Waals surface area contributed by atoms with Gasteiger partial charge in [0.25, 0.3) is 0 Å². The van der Waals surface area contributed by atoms with E-state index in [0.717, 1.165) is 0 Å². The molecule has 1 N–H and O–H groups in total. The predicted molar refractivity (Wildman–Crippen MR) is 80.3 cm³/mol. The van der Waals surface area contributed by atoms with Crippen molar-refractivity contribution in [2.75, 3.05) is 12.4 Å². The first kappa shape index (κ1) is 14.7. The highest BCUT2D eigenvalue weighted by Gasteiger charge is 2.19. The van der Waals surface area contributed by atoms with Crippen LogP contribution in [0.2, 0.25) is 0 Å². The molecule has 2 rings (SSSR count). The number of thiophene rings is 1. The summed E-state index contributed by atoms with van der Waals surface area (Å²) in [7, 11) is 1.88. The van der Waals surface area contributed by atoms with Crippen LogP contribution in [0.15, 0.2) is 41.8 Å². The molecule has 0 saturated carbocycles. The Balaban J connectivity index is 1.96. The van der Waals surface area contributed by atoms with E-state index in [-0.39, 0.29) is 17.6 Å². The van der Waals surface area contributed by atoms with Crippen LogP contribution in [-0.4, -0.2) is 23.9 Å². The monoisotopic (exact) mass is 292 g/mol. The largest absolute Gasteiger partial charge is 0.322 e. The lowest BCUT2D eigenvalue weighted by molar-refractivity contribution is -0.120. The van der Waals surface area contributed by atoms with E-state index < -0.39 is 5.82 Å². The first-order chi connectivity index (χ1) is 9.58. The second kappa shape index (κ2) is 6.63. The van der Waals surface area contributed by atoms with Crippen LogP contribution < -0.4 is 5.32 Å². The minimum atomic E-state index is -0.422. The molecule has 0 unspecified atom stereocenters. The molecule has 0 bridgehead atoms. The third-order valence-corrected chi connectivity index (χ3v) is 4.02. The summed E-state index contributed by atoms with van der Waals surface area (Å²) < 4.78 is 13.5. The zero-order valence-corrected chi connectivity index (χ0v) is 12.3. The van der Waals surface area contributed by atoms with Gasteiger partial charge in [-0.2, -0.15) is 0 Å². The van der Waals surface area contributed by atoms with Gasteiger partial charge in [-0.05, 0) is 37.6 Å². The Morgan fingerprint density at radius 2 is 2.10 bits per heavy atom. The summed E-state index contributed by atoms with van der Waals surface area (Å²) in [5.41, 5.74) is 0.217. The van der Waals surface area contributed by atoms with Gasteiger partial charge < -0.3 is 5.32 Å². The SMILES string of the molecule is C[C@@H](C(=O)Nc1ccccc1F)N(C)Cc1cccs1. The molecule has 1 aromatic heterocycles. The number of rotatable bonds is 5. The second-order valence-corrected chi connectivity index (χ2v) is 5.67. The molecule has 3 nitrogen and oxygen atoms in total. The summed E-state index contributed by atoms with van der Waals surface area (Å²) in [5.74, 6) is -0.636. The van der Waals surface area contributed by atoms with Crippen molar-refractivity contribution in [3.8, 4) is 0 Å². The standard InChI is InChI=1S/C15H17FN2OS/c1-11(18(2)10-12-6-5-9-20-12)15(19)17-14-8-4-3-7-13(14)16/h3-9,11H,10H2,1-2H3,(H,17,19)/t11-/m0/s1. The lowest BCUT2D eigenvalue weighted by Crippen LogP contribution is -2.39. The highest BCUT2D eigenvalue weighted by atomic mass is 32.1. The minimum Gasteiger partial charge on any atom is -0.322 e. The van der Waals surface area contributed by atoms with Gasteiger partial charge in [-0.25, -0.2) is 4.39 Å². The molecule has 0 saturated heterocycles. The van der Waals surface area contributed by atoms with Crippen molar-refractivity contribution in [2.24, 2.45) is 0 Å². The molecule has 0 radical (unpaired) electrons.